The summed E-state index contributed by atoms with van der Waals surface area (Å²) in [6.07, 6.45) is 3.30. The van der Waals surface area contributed by atoms with Crippen LogP contribution in [0.5, 0.6) is 0 Å². The zero-order chi connectivity index (χ0) is 22.0. The molecule has 1 saturated heterocycles. The number of fused-ring (bicyclic) bond motifs is 1. The molecule has 1 fully saturated rings. The maximum absolute atomic E-state index is 13.0. The van der Waals surface area contributed by atoms with Gasteiger partial charge in [0.2, 0.25) is 11.8 Å². The van der Waals surface area contributed by atoms with Crippen LogP contribution in [0, 0.1) is 0 Å². The van der Waals surface area contributed by atoms with Gasteiger partial charge in [0.25, 0.3) is 11.8 Å². The van der Waals surface area contributed by atoms with Crippen molar-refractivity contribution in [3.63, 3.8) is 0 Å². The lowest BCUT2D eigenvalue weighted by Gasteiger charge is -2.36. The number of nitrogens with zero attached hydrogens (tertiary/aromatic N) is 3. The molecule has 7 heteroatoms. The molecule has 4 rings (SSSR count). The summed E-state index contributed by atoms with van der Waals surface area (Å²) in [4.78, 5) is 55.0. The van der Waals surface area contributed by atoms with E-state index >= 15 is 0 Å². The van der Waals surface area contributed by atoms with E-state index in [1.54, 1.807) is 47.1 Å². The second kappa shape index (κ2) is 8.55. The summed E-state index contributed by atoms with van der Waals surface area (Å²) in [7, 11) is 0. The van der Waals surface area contributed by atoms with Gasteiger partial charge in [0, 0.05) is 32.3 Å². The smallest absolute Gasteiger partial charge is 0.262 e. The number of benzene rings is 2. The third-order valence-corrected chi connectivity index (χ3v) is 5.69. The molecular weight excluding hydrogens is 394 g/mol. The highest BCUT2D eigenvalue weighted by molar-refractivity contribution is 6.22. The van der Waals surface area contributed by atoms with Crippen LogP contribution in [0.25, 0.3) is 6.08 Å². The number of hydrogen-bond donors (Lipinski definition) is 0. The second-order valence-electron chi connectivity index (χ2n) is 7.60. The van der Waals surface area contributed by atoms with E-state index in [9.17, 15) is 19.2 Å². The summed E-state index contributed by atoms with van der Waals surface area (Å²) < 4.78 is 0. The average molecular weight is 417 g/mol. The zero-order valence-corrected chi connectivity index (χ0v) is 17.2. The van der Waals surface area contributed by atoms with Gasteiger partial charge in [0.05, 0.1) is 11.1 Å². The van der Waals surface area contributed by atoms with Gasteiger partial charge in [-0.1, -0.05) is 42.5 Å². The van der Waals surface area contributed by atoms with E-state index in [1.165, 1.54) is 6.08 Å². The Labute approximate surface area is 180 Å². The normalized spacial score (nSPS) is 17.3. The highest BCUT2D eigenvalue weighted by Crippen LogP contribution is 2.25. The SMILES string of the molecule is CC(C(=O)N1CCN(C(=O)/C=C/c2ccccc2)CC1)N1C(=O)c2ccccc2C1=O. The van der Waals surface area contributed by atoms with E-state index in [-0.39, 0.29) is 11.8 Å². The molecule has 31 heavy (non-hydrogen) atoms. The van der Waals surface area contributed by atoms with Crippen molar-refractivity contribution in [3.8, 4) is 0 Å². The highest BCUT2D eigenvalue weighted by atomic mass is 16.2. The van der Waals surface area contributed by atoms with Crippen LogP contribution in [0.15, 0.2) is 60.7 Å². The lowest BCUT2D eigenvalue weighted by atomic mass is 10.1. The van der Waals surface area contributed by atoms with Crippen LogP contribution >= 0.6 is 0 Å². The lowest BCUT2D eigenvalue weighted by molar-refractivity contribution is -0.139. The summed E-state index contributed by atoms with van der Waals surface area (Å²) in [5.41, 5.74) is 1.60. The van der Waals surface area contributed by atoms with Gasteiger partial charge >= 0.3 is 0 Å². The minimum Gasteiger partial charge on any atom is -0.337 e. The van der Waals surface area contributed by atoms with Gasteiger partial charge in [-0.2, -0.15) is 0 Å². The van der Waals surface area contributed by atoms with Crippen molar-refractivity contribution in [2.24, 2.45) is 0 Å². The number of hydrogen-bond acceptors (Lipinski definition) is 4. The van der Waals surface area contributed by atoms with Gasteiger partial charge in [-0.05, 0) is 30.7 Å². The molecule has 0 aliphatic carbocycles. The topological polar surface area (TPSA) is 78.0 Å². The predicted octanol–water partition coefficient (Wildman–Crippen LogP) is 2.06. The Morgan fingerprint density at radius 3 is 1.90 bits per heavy atom. The van der Waals surface area contributed by atoms with E-state index in [2.05, 4.69) is 0 Å². The Morgan fingerprint density at radius 1 is 0.806 bits per heavy atom. The van der Waals surface area contributed by atoms with Crippen LogP contribution in [-0.4, -0.2) is 70.5 Å². The molecule has 7 nitrogen and oxygen atoms in total. The number of piperazine rings is 1. The summed E-state index contributed by atoms with van der Waals surface area (Å²) in [6.45, 7) is 3.09. The van der Waals surface area contributed by atoms with Crippen molar-refractivity contribution in [1.29, 1.82) is 0 Å². The molecular formula is C24H23N3O4. The van der Waals surface area contributed by atoms with Crippen LogP contribution in [0.3, 0.4) is 0 Å². The molecule has 0 spiro atoms. The number of imide groups is 1. The Balaban J connectivity index is 1.35. The first kappa shape index (κ1) is 20.5. The molecule has 158 valence electrons. The van der Waals surface area contributed by atoms with Crippen LogP contribution in [0.1, 0.15) is 33.2 Å². The molecule has 2 heterocycles. The summed E-state index contributed by atoms with van der Waals surface area (Å²) in [5, 5.41) is 0. The monoisotopic (exact) mass is 417 g/mol. The number of carbonyl (C=O) groups is 4. The maximum atomic E-state index is 13.0. The summed E-state index contributed by atoms with van der Waals surface area (Å²) >= 11 is 0. The van der Waals surface area contributed by atoms with Gasteiger partial charge in [0.1, 0.15) is 6.04 Å². The standard InChI is InChI=1S/C24H23N3O4/c1-17(27-23(30)19-9-5-6-10-20(19)24(27)31)22(29)26-15-13-25(14-16-26)21(28)12-11-18-7-3-2-4-8-18/h2-12,17H,13-16H2,1H3/b12-11+. The molecule has 0 N–H and O–H groups in total. The van der Waals surface area contributed by atoms with E-state index in [4.69, 9.17) is 0 Å². The first-order valence-corrected chi connectivity index (χ1v) is 10.2. The summed E-state index contributed by atoms with van der Waals surface area (Å²) in [5.74, 6) is -1.28. The number of carbonyl (C=O) groups excluding carboxylic acids is 4. The van der Waals surface area contributed by atoms with E-state index < -0.39 is 17.9 Å². The van der Waals surface area contributed by atoms with Gasteiger partial charge < -0.3 is 9.80 Å². The number of rotatable bonds is 4. The van der Waals surface area contributed by atoms with E-state index in [0.29, 0.717) is 37.3 Å². The minimum absolute atomic E-state index is 0.107. The lowest BCUT2D eigenvalue weighted by Crippen LogP contribution is -2.55. The largest absolute Gasteiger partial charge is 0.337 e. The van der Waals surface area contributed by atoms with Crippen molar-refractivity contribution in [1.82, 2.24) is 14.7 Å². The number of amides is 4. The third kappa shape index (κ3) is 3.99. The quantitative estimate of drug-likeness (QED) is 0.564. The fraction of sp³-hybridized carbons (Fsp3) is 0.250. The molecule has 0 radical (unpaired) electrons. The molecule has 2 aliphatic rings. The average Bonchev–Trinajstić information content (AvgIpc) is 3.07. The van der Waals surface area contributed by atoms with Crippen LogP contribution in [-0.2, 0) is 9.59 Å². The molecule has 1 unspecified atom stereocenters. The van der Waals surface area contributed by atoms with Crippen molar-refractivity contribution >= 4 is 29.7 Å². The molecule has 2 aromatic rings. The summed E-state index contributed by atoms with van der Waals surface area (Å²) in [6, 6.07) is 15.3. The Bertz CT molecular complexity index is 1020. The fourth-order valence-corrected chi connectivity index (χ4v) is 3.92. The Hall–Kier alpha value is -3.74. The third-order valence-electron chi connectivity index (χ3n) is 5.69. The van der Waals surface area contributed by atoms with Crippen molar-refractivity contribution < 1.29 is 19.2 Å². The molecule has 4 amide bonds. The molecule has 2 aliphatic heterocycles. The van der Waals surface area contributed by atoms with Crippen LogP contribution in [0.4, 0.5) is 0 Å². The molecule has 0 saturated carbocycles. The van der Waals surface area contributed by atoms with E-state index in [0.717, 1.165) is 10.5 Å². The molecule has 2 aromatic carbocycles. The van der Waals surface area contributed by atoms with Gasteiger partial charge in [-0.25, -0.2) is 0 Å². The highest BCUT2D eigenvalue weighted by Gasteiger charge is 2.42. The van der Waals surface area contributed by atoms with Gasteiger partial charge in [-0.3, -0.25) is 24.1 Å². The molecule has 0 bridgehead atoms. The maximum Gasteiger partial charge on any atom is 0.262 e. The van der Waals surface area contributed by atoms with Crippen molar-refractivity contribution in [3.05, 3.63) is 77.4 Å². The Morgan fingerprint density at radius 2 is 1.32 bits per heavy atom. The first-order chi connectivity index (χ1) is 15.0. The second-order valence-corrected chi connectivity index (χ2v) is 7.60. The van der Waals surface area contributed by atoms with E-state index in [1.807, 2.05) is 30.3 Å². The van der Waals surface area contributed by atoms with Gasteiger partial charge in [-0.15, -0.1) is 0 Å². The van der Waals surface area contributed by atoms with Crippen molar-refractivity contribution in [2.45, 2.75) is 13.0 Å². The van der Waals surface area contributed by atoms with Crippen LogP contribution in [0.2, 0.25) is 0 Å². The Kier molecular flexibility index (Phi) is 5.66. The van der Waals surface area contributed by atoms with Crippen LogP contribution < -0.4 is 0 Å². The van der Waals surface area contributed by atoms with Gasteiger partial charge in [0.15, 0.2) is 0 Å². The predicted molar refractivity (Wildman–Crippen MR) is 115 cm³/mol. The minimum atomic E-state index is -0.896. The molecule has 1 atom stereocenters. The first-order valence-electron chi connectivity index (χ1n) is 10.2. The zero-order valence-electron chi connectivity index (χ0n) is 17.2. The fourth-order valence-electron chi connectivity index (χ4n) is 3.92. The molecule has 0 aromatic heterocycles. The van der Waals surface area contributed by atoms with Crippen molar-refractivity contribution in [2.75, 3.05) is 26.2 Å².